The molecule has 3 rings (SSSR count). The summed E-state index contributed by atoms with van der Waals surface area (Å²) in [6.07, 6.45) is 1.67. The zero-order valence-corrected chi connectivity index (χ0v) is 15.7. The van der Waals surface area contributed by atoms with Crippen LogP contribution in [0.15, 0.2) is 40.6 Å². The van der Waals surface area contributed by atoms with Crippen LogP contribution in [0.5, 0.6) is 5.75 Å². The van der Waals surface area contributed by atoms with E-state index in [-0.39, 0.29) is 22.6 Å². The third kappa shape index (κ3) is 4.20. The van der Waals surface area contributed by atoms with Crippen molar-refractivity contribution in [2.45, 2.75) is 30.3 Å². The van der Waals surface area contributed by atoms with Crippen LogP contribution in [0.25, 0.3) is 0 Å². The largest absolute Gasteiger partial charge is 0.495 e. The first-order chi connectivity index (χ1) is 11.9. The number of thiophene rings is 1. The maximum atomic E-state index is 12.7. The highest BCUT2D eigenvalue weighted by atomic mass is 32.2. The fraction of sp³-hybridized carbons (Fsp3) is 0.353. The number of hydrogen-bond acceptors (Lipinski definition) is 5. The van der Waals surface area contributed by atoms with Gasteiger partial charge >= 0.3 is 0 Å². The Kier molecular flexibility index (Phi) is 5.12. The van der Waals surface area contributed by atoms with Crippen LogP contribution < -0.4 is 9.46 Å². The van der Waals surface area contributed by atoms with Crippen LogP contribution in [0.3, 0.4) is 0 Å². The average Bonchev–Trinajstić information content (AvgIpc) is 3.24. The minimum absolute atomic E-state index is 0.00252. The molecule has 25 heavy (non-hydrogen) atoms. The minimum Gasteiger partial charge on any atom is -0.495 e. The standard InChI is InChI=1S/C17H20N2O4S2/c1-19(11-14-4-3-9-24-14)17(20)12-5-8-15(23-2)16(10-12)25(21,22)18-13-6-7-13/h3-5,8-10,13,18H,6-7,11H2,1-2H3. The molecule has 134 valence electrons. The van der Waals surface area contributed by atoms with Crippen molar-refractivity contribution in [2.24, 2.45) is 0 Å². The molecule has 0 saturated heterocycles. The lowest BCUT2D eigenvalue weighted by Gasteiger charge is -2.18. The molecule has 1 saturated carbocycles. The lowest BCUT2D eigenvalue weighted by Crippen LogP contribution is -2.28. The molecule has 1 N–H and O–H groups in total. The maximum Gasteiger partial charge on any atom is 0.253 e. The normalized spacial score (nSPS) is 14.3. The third-order valence-electron chi connectivity index (χ3n) is 3.92. The molecule has 1 heterocycles. The molecule has 1 aliphatic carbocycles. The Morgan fingerprint density at radius 3 is 2.72 bits per heavy atom. The molecule has 0 unspecified atom stereocenters. The Labute approximate surface area is 151 Å². The van der Waals surface area contributed by atoms with E-state index in [0.717, 1.165) is 17.7 Å². The Hall–Kier alpha value is -1.90. The van der Waals surface area contributed by atoms with Gasteiger partial charge in [0.05, 0.1) is 13.7 Å². The number of benzene rings is 1. The summed E-state index contributed by atoms with van der Waals surface area (Å²) < 4.78 is 32.9. The van der Waals surface area contributed by atoms with Crippen LogP contribution >= 0.6 is 11.3 Å². The smallest absolute Gasteiger partial charge is 0.253 e. The number of sulfonamides is 1. The molecule has 1 aliphatic rings. The number of amides is 1. The lowest BCUT2D eigenvalue weighted by molar-refractivity contribution is 0.0786. The minimum atomic E-state index is -3.72. The Morgan fingerprint density at radius 1 is 1.36 bits per heavy atom. The van der Waals surface area contributed by atoms with Gasteiger partial charge in [0, 0.05) is 23.5 Å². The lowest BCUT2D eigenvalue weighted by atomic mass is 10.2. The van der Waals surface area contributed by atoms with Crippen molar-refractivity contribution in [3.8, 4) is 5.75 Å². The van der Waals surface area contributed by atoms with Gasteiger partial charge < -0.3 is 9.64 Å². The Balaban J connectivity index is 1.86. The van der Waals surface area contributed by atoms with Gasteiger partial charge in [0.15, 0.2) is 0 Å². The summed E-state index contributed by atoms with van der Waals surface area (Å²) in [7, 11) is -0.605. The number of methoxy groups -OCH3 is 1. The van der Waals surface area contributed by atoms with Crippen LogP contribution in [0.4, 0.5) is 0 Å². The monoisotopic (exact) mass is 380 g/mol. The highest BCUT2D eigenvalue weighted by molar-refractivity contribution is 7.89. The summed E-state index contributed by atoms with van der Waals surface area (Å²) in [5.41, 5.74) is 0.316. The van der Waals surface area contributed by atoms with Gasteiger partial charge in [-0.25, -0.2) is 13.1 Å². The fourth-order valence-corrected chi connectivity index (χ4v) is 4.69. The van der Waals surface area contributed by atoms with Gasteiger partial charge in [-0.15, -0.1) is 11.3 Å². The molecule has 1 amide bonds. The van der Waals surface area contributed by atoms with Gasteiger partial charge in [0.1, 0.15) is 10.6 Å². The van der Waals surface area contributed by atoms with Gasteiger partial charge in [0.25, 0.3) is 5.91 Å². The van der Waals surface area contributed by atoms with Gasteiger partial charge in [-0.3, -0.25) is 4.79 Å². The second-order valence-corrected chi connectivity index (χ2v) is 8.72. The SMILES string of the molecule is COc1ccc(C(=O)N(C)Cc2cccs2)cc1S(=O)(=O)NC1CC1. The van der Waals surface area contributed by atoms with Crippen molar-refractivity contribution in [2.75, 3.05) is 14.2 Å². The molecule has 0 bridgehead atoms. The number of carbonyl (C=O) groups is 1. The number of hydrogen-bond donors (Lipinski definition) is 1. The maximum absolute atomic E-state index is 12.7. The summed E-state index contributed by atoms with van der Waals surface area (Å²) in [6, 6.07) is 8.36. The number of carbonyl (C=O) groups excluding carboxylic acids is 1. The first-order valence-corrected chi connectivity index (χ1v) is 10.2. The number of ether oxygens (including phenoxy) is 1. The number of nitrogens with one attached hydrogen (secondary N) is 1. The summed E-state index contributed by atoms with van der Waals surface area (Å²) in [5, 5.41) is 1.95. The molecular weight excluding hydrogens is 360 g/mol. The second kappa shape index (κ2) is 7.15. The molecule has 0 spiro atoms. The number of nitrogens with zero attached hydrogens (tertiary/aromatic N) is 1. The van der Waals surface area contributed by atoms with Gasteiger partial charge in [0.2, 0.25) is 10.0 Å². The predicted octanol–water partition coefficient (Wildman–Crippen LogP) is 2.47. The topological polar surface area (TPSA) is 75.7 Å². The van der Waals surface area contributed by atoms with E-state index in [1.54, 1.807) is 29.4 Å². The van der Waals surface area contributed by atoms with Gasteiger partial charge in [-0.05, 0) is 42.5 Å². The third-order valence-corrected chi connectivity index (χ3v) is 6.32. The van der Waals surface area contributed by atoms with Crippen LogP contribution in [-0.2, 0) is 16.6 Å². The van der Waals surface area contributed by atoms with E-state index >= 15 is 0 Å². The molecule has 1 fully saturated rings. The zero-order valence-electron chi connectivity index (χ0n) is 14.1. The molecule has 8 heteroatoms. The summed E-state index contributed by atoms with van der Waals surface area (Å²) in [4.78, 5) is 15.3. The van der Waals surface area contributed by atoms with Gasteiger partial charge in [-0.2, -0.15) is 0 Å². The molecule has 1 aromatic carbocycles. The van der Waals surface area contributed by atoms with Gasteiger partial charge in [-0.1, -0.05) is 6.07 Å². The van der Waals surface area contributed by atoms with Crippen molar-refractivity contribution in [1.29, 1.82) is 0 Å². The van der Waals surface area contributed by atoms with Crippen molar-refractivity contribution < 1.29 is 17.9 Å². The van der Waals surface area contributed by atoms with E-state index in [2.05, 4.69) is 4.72 Å². The molecule has 1 aromatic heterocycles. The van der Waals surface area contributed by atoms with E-state index in [9.17, 15) is 13.2 Å². The summed E-state index contributed by atoms with van der Waals surface area (Å²) in [6.45, 7) is 0.477. The number of rotatable bonds is 7. The molecule has 0 atom stereocenters. The summed E-state index contributed by atoms with van der Waals surface area (Å²) >= 11 is 1.57. The van der Waals surface area contributed by atoms with Crippen LogP contribution in [-0.4, -0.2) is 39.4 Å². The quantitative estimate of drug-likeness (QED) is 0.801. The fourth-order valence-electron chi connectivity index (χ4n) is 2.43. The predicted molar refractivity (Wildman–Crippen MR) is 96.5 cm³/mol. The van der Waals surface area contributed by atoms with E-state index in [4.69, 9.17) is 4.74 Å². The molecule has 6 nitrogen and oxygen atoms in total. The molecule has 2 aromatic rings. The molecular formula is C17H20N2O4S2. The van der Waals surface area contributed by atoms with E-state index in [0.29, 0.717) is 12.1 Å². The van der Waals surface area contributed by atoms with Crippen LogP contribution in [0.1, 0.15) is 28.1 Å². The van der Waals surface area contributed by atoms with E-state index in [1.165, 1.54) is 19.2 Å². The van der Waals surface area contributed by atoms with Crippen molar-refractivity contribution >= 4 is 27.3 Å². The average molecular weight is 380 g/mol. The highest BCUT2D eigenvalue weighted by Gasteiger charge is 2.30. The molecule has 0 aliphatic heterocycles. The summed E-state index contributed by atoms with van der Waals surface area (Å²) in [5.74, 6) is -0.00969. The van der Waals surface area contributed by atoms with Crippen molar-refractivity contribution in [3.05, 3.63) is 46.2 Å². The Morgan fingerprint density at radius 2 is 2.12 bits per heavy atom. The first-order valence-electron chi connectivity index (χ1n) is 7.89. The molecule has 0 radical (unpaired) electrons. The van der Waals surface area contributed by atoms with Crippen LogP contribution in [0.2, 0.25) is 0 Å². The van der Waals surface area contributed by atoms with E-state index < -0.39 is 10.0 Å². The van der Waals surface area contributed by atoms with E-state index in [1.807, 2.05) is 17.5 Å². The highest BCUT2D eigenvalue weighted by Crippen LogP contribution is 2.28. The van der Waals surface area contributed by atoms with Crippen molar-refractivity contribution in [3.63, 3.8) is 0 Å². The first kappa shape index (κ1) is 17.9. The Bertz CT molecular complexity index is 859. The van der Waals surface area contributed by atoms with Crippen LogP contribution in [0, 0.1) is 0 Å². The zero-order chi connectivity index (χ0) is 18.0. The second-order valence-electron chi connectivity index (χ2n) is 6.00. The van der Waals surface area contributed by atoms with Crippen molar-refractivity contribution in [1.82, 2.24) is 9.62 Å².